The number of aryl methyl sites for hydroxylation is 1. The highest BCUT2D eigenvalue weighted by molar-refractivity contribution is 7.09. The van der Waals surface area contributed by atoms with Crippen LogP contribution in [0.3, 0.4) is 0 Å². The van der Waals surface area contributed by atoms with E-state index in [0.717, 1.165) is 22.7 Å². The fourth-order valence-corrected chi connectivity index (χ4v) is 2.50. The Morgan fingerprint density at radius 1 is 1.35 bits per heavy atom. The minimum Gasteiger partial charge on any atom is -0.384 e. The van der Waals surface area contributed by atoms with Crippen LogP contribution in [0, 0.1) is 6.92 Å². The van der Waals surface area contributed by atoms with E-state index < -0.39 is 11.7 Å². The van der Waals surface area contributed by atoms with Crippen molar-refractivity contribution in [2.24, 2.45) is 0 Å². The molecule has 108 valence electrons. The van der Waals surface area contributed by atoms with Gasteiger partial charge >= 0.3 is 6.18 Å². The van der Waals surface area contributed by atoms with Crippen molar-refractivity contribution in [1.29, 1.82) is 0 Å². The number of pyridine rings is 1. The maximum absolute atomic E-state index is 12.7. The highest BCUT2D eigenvalue weighted by atomic mass is 32.1. The summed E-state index contributed by atoms with van der Waals surface area (Å²) in [6.45, 7) is 2.29. The zero-order valence-corrected chi connectivity index (χ0v) is 11.7. The lowest BCUT2D eigenvalue weighted by Crippen LogP contribution is -2.19. The van der Waals surface area contributed by atoms with E-state index in [4.69, 9.17) is 5.73 Å². The summed E-state index contributed by atoms with van der Waals surface area (Å²) in [4.78, 5) is 10.6. The molecule has 0 spiro atoms. The van der Waals surface area contributed by atoms with Gasteiger partial charge in [0, 0.05) is 11.9 Å². The van der Waals surface area contributed by atoms with Crippen LogP contribution < -0.4 is 10.6 Å². The molecule has 0 aliphatic heterocycles. The van der Waals surface area contributed by atoms with Crippen molar-refractivity contribution in [3.05, 3.63) is 33.8 Å². The van der Waals surface area contributed by atoms with Gasteiger partial charge in [-0.25, -0.2) is 9.97 Å². The van der Waals surface area contributed by atoms with Crippen molar-refractivity contribution in [3.8, 4) is 0 Å². The number of nitrogens with zero attached hydrogens (tertiary/aromatic N) is 3. The van der Waals surface area contributed by atoms with Gasteiger partial charge in [-0.1, -0.05) is 0 Å². The molecule has 0 saturated carbocycles. The predicted molar refractivity (Wildman–Crippen MR) is 72.6 cm³/mol. The standard InChI is InChI=1S/C12H13F3N4S/c1-7-9(20-6-17-7)5-19(2)11-4-8(12(13,14)15)3-10(16)18-11/h3-4,6H,5H2,1-2H3,(H2,16,18). The molecule has 2 N–H and O–H groups in total. The Hall–Kier alpha value is -1.83. The van der Waals surface area contributed by atoms with Gasteiger partial charge in [-0.15, -0.1) is 11.3 Å². The second-order valence-corrected chi connectivity index (χ2v) is 5.29. The molecule has 20 heavy (non-hydrogen) atoms. The third-order valence-electron chi connectivity index (χ3n) is 2.78. The van der Waals surface area contributed by atoms with Gasteiger partial charge in [0.25, 0.3) is 0 Å². The molecule has 0 bridgehead atoms. The van der Waals surface area contributed by atoms with Crippen LogP contribution in [0.1, 0.15) is 16.1 Å². The summed E-state index contributed by atoms with van der Waals surface area (Å²) >= 11 is 1.45. The normalized spacial score (nSPS) is 11.7. The molecule has 2 rings (SSSR count). The second-order valence-electron chi connectivity index (χ2n) is 4.35. The van der Waals surface area contributed by atoms with E-state index >= 15 is 0 Å². The average molecular weight is 302 g/mol. The van der Waals surface area contributed by atoms with Gasteiger partial charge in [0.2, 0.25) is 0 Å². The minimum atomic E-state index is -4.44. The summed E-state index contributed by atoms with van der Waals surface area (Å²) in [5, 5.41) is 0. The molecule has 0 fully saturated rings. The largest absolute Gasteiger partial charge is 0.416 e. The van der Waals surface area contributed by atoms with E-state index in [1.54, 1.807) is 17.5 Å². The Labute approximate surface area is 118 Å². The quantitative estimate of drug-likeness (QED) is 0.946. The lowest BCUT2D eigenvalue weighted by atomic mass is 10.2. The Morgan fingerprint density at radius 2 is 2.05 bits per heavy atom. The molecule has 0 atom stereocenters. The Bertz CT molecular complexity index is 609. The number of nitrogen functional groups attached to an aromatic ring is 1. The monoisotopic (exact) mass is 302 g/mol. The SMILES string of the molecule is Cc1ncsc1CN(C)c1cc(C(F)(F)F)cc(N)n1. The molecule has 0 amide bonds. The molecule has 0 unspecified atom stereocenters. The third-order valence-corrected chi connectivity index (χ3v) is 3.70. The van der Waals surface area contributed by atoms with E-state index in [1.165, 1.54) is 11.3 Å². The van der Waals surface area contributed by atoms with Crippen molar-refractivity contribution < 1.29 is 13.2 Å². The molecule has 2 aromatic rings. The maximum Gasteiger partial charge on any atom is 0.416 e. The average Bonchev–Trinajstić information content (AvgIpc) is 2.73. The zero-order chi connectivity index (χ0) is 14.9. The molecule has 4 nitrogen and oxygen atoms in total. The number of anilines is 2. The minimum absolute atomic E-state index is 0.150. The number of alkyl halides is 3. The Kier molecular flexibility index (Phi) is 3.85. The molecule has 8 heteroatoms. The van der Waals surface area contributed by atoms with Gasteiger partial charge in [-0.2, -0.15) is 13.2 Å². The van der Waals surface area contributed by atoms with E-state index in [0.29, 0.717) is 6.54 Å². The molecule has 0 saturated heterocycles. The smallest absolute Gasteiger partial charge is 0.384 e. The first-order chi connectivity index (χ1) is 9.27. The first-order valence-corrected chi connectivity index (χ1v) is 6.60. The molecule has 0 aliphatic rings. The van der Waals surface area contributed by atoms with E-state index in [9.17, 15) is 13.2 Å². The van der Waals surface area contributed by atoms with Crippen LogP contribution in [0.5, 0.6) is 0 Å². The topological polar surface area (TPSA) is 55.0 Å². The Morgan fingerprint density at radius 3 is 2.60 bits per heavy atom. The summed E-state index contributed by atoms with van der Waals surface area (Å²) in [5.41, 5.74) is 7.21. The van der Waals surface area contributed by atoms with Crippen molar-refractivity contribution in [3.63, 3.8) is 0 Å². The zero-order valence-electron chi connectivity index (χ0n) is 10.9. The molecular weight excluding hydrogens is 289 g/mol. The predicted octanol–water partition coefficient (Wildman–Crippen LogP) is 3.08. The molecule has 0 aliphatic carbocycles. The van der Waals surface area contributed by atoms with Gasteiger partial charge in [0.05, 0.1) is 23.3 Å². The van der Waals surface area contributed by atoms with Gasteiger partial charge in [-0.3, -0.25) is 0 Å². The van der Waals surface area contributed by atoms with Crippen LogP contribution >= 0.6 is 11.3 Å². The number of thiazole rings is 1. The Balaban J connectivity index is 2.28. The van der Waals surface area contributed by atoms with Crippen LogP contribution in [0.15, 0.2) is 17.6 Å². The van der Waals surface area contributed by atoms with Crippen LogP contribution in [-0.4, -0.2) is 17.0 Å². The molecule has 0 radical (unpaired) electrons. The number of nitrogens with two attached hydrogens (primary N) is 1. The number of hydrogen-bond donors (Lipinski definition) is 1. The van der Waals surface area contributed by atoms with Gasteiger partial charge in [-0.05, 0) is 19.1 Å². The number of halogens is 3. The summed E-state index contributed by atoms with van der Waals surface area (Å²) < 4.78 is 38.2. The van der Waals surface area contributed by atoms with Crippen molar-refractivity contribution >= 4 is 23.0 Å². The highest BCUT2D eigenvalue weighted by Crippen LogP contribution is 2.32. The van der Waals surface area contributed by atoms with E-state index in [-0.39, 0.29) is 11.6 Å². The molecule has 0 aromatic carbocycles. The first-order valence-electron chi connectivity index (χ1n) is 5.72. The first kappa shape index (κ1) is 14.6. The summed E-state index contributed by atoms with van der Waals surface area (Å²) in [5.74, 6) is 0.0350. The lowest BCUT2D eigenvalue weighted by Gasteiger charge is -2.19. The fraction of sp³-hybridized carbons (Fsp3) is 0.333. The summed E-state index contributed by atoms with van der Waals surface area (Å²) in [7, 11) is 1.67. The van der Waals surface area contributed by atoms with Gasteiger partial charge in [0.1, 0.15) is 11.6 Å². The van der Waals surface area contributed by atoms with E-state index in [2.05, 4.69) is 9.97 Å². The lowest BCUT2D eigenvalue weighted by molar-refractivity contribution is -0.137. The van der Waals surface area contributed by atoms with Crippen LogP contribution in [0.4, 0.5) is 24.8 Å². The van der Waals surface area contributed by atoms with Gasteiger partial charge < -0.3 is 10.6 Å². The number of hydrogen-bond acceptors (Lipinski definition) is 5. The van der Waals surface area contributed by atoms with Crippen LogP contribution in [0.25, 0.3) is 0 Å². The van der Waals surface area contributed by atoms with Crippen molar-refractivity contribution in [2.45, 2.75) is 19.6 Å². The molecular formula is C12H13F3N4S. The number of aromatic nitrogens is 2. The van der Waals surface area contributed by atoms with E-state index in [1.807, 2.05) is 6.92 Å². The molecule has 2 heterocycles. The van der Waals surface area contributed by atoms with Crippen molar-refractivity contribution in [2.75, 3.05) is 17.7 Å². The maximum atomic E-state index is 12.7. The number of rotatable bonds is 3. The fourth-order valence-electron chi connectivity index (χ4n) is 1.67. The summed E-state index contributed by atoms with van der Waals surface area (Å²) in [6.07, 6.45) is -4.44. The third kappa shape index (κ3) is 3.19. The van der Waals surface area contributed by atoms with Crippen LogP contribution in [-0.2, 0) is 12.7 Å². The van der Waals surface area contributed by atoms with Gasteiger partial charge in [0.15, 0.2) is 0 Å². The van der Waals surface area contributed by atoms with Crippen molar-refractivity contribution in [1.82, 2.24) is 9.97 Å². The highest BCUT2D eigenvalue weighted by Gasteiger charge is 2.31. The molecule has 2 aromatic heterocycles. The summed E-state index contributed by atoms with van der Waals surface area (Å²) in [6, 6.07) is 1.82. The van der Waals surface area contributed by atoms with Crippen LogP contribution in [0.2, 0.25) is 0 Å². The second kappa shape index (κ2) is 5.28.